The lowest BCUT2D eigenvalue weighted by atomic mass is 10.1. The Kier molecular flexibility index (Phi) is 4.23. The molecule has 29 heavy (non-hydrogen) atoms. The van der Waals surface area contributed by atoms with Crippen molar-refractivity contribution in [2.75, 3.05) is 34.8 Å². The molecule has 1 saturated heterocycles. The maximum Gasteiger partial charge on any atom is 0.338 e. The zero-order valence-corrected chi connectivity index (χ0v) is 15.9. The monoisotopic (exact) mass is 391 g/mol. The summed E-state index contributed by atoms with van der Waals surface area (Å²) in [5, 5.41) is 2.88. The fraction of sp³-hybridized carbons (Fsp3) is 0.318. The van der Waals surface area contributed by atoms with Gasteiger partial charge in [-0.15, -0.1) is 0 Å². The number of hydrogen-bond acceptors (Lipinski definition) is 5. The zero-order valence-electron chi connectivity index (χ0n) is 15.9. The van der Waals surface area contributed by atoms with Crippen molar-refractivity contribution in [3.05, 3.63) is 53.6 Å². The number of nitrogens with zero attached hydrogens (tertiary/aromatic N) is 2. The molecule has 0 aromatic heterocycles. The number of benzene rings is 2. The lowest BCUT2D eigenvalue weighted by molar-refractivity contribution is -0.121. The van der Waals surface area contributed by atoms with Crippen LogP contribution < -0.4 is 15.1 Å². The molecule has 2 aromatic carbocycles. The van der Waals surface area contributed by atoms with Crippen LogP contribution >= 0.6 is 0 Å². The summed E-state index contributed by atoms with van der Waals surface area (Å²) in [4.78, 5) is 41.0. The Labute approximate surface area is 168 Å². The summed E-state index contributed by atoms with van der Waals surface area (Å²) in [5.74, 6) is -0.857. The minimum absolute atomic E-state index is 0.0385. The Balaban J connectivity index is 1.27. The van der Waals surface area contributed by atoms with E-state index >= 15 is 0 Å². The Morgan fingerprint density at radius 2 is 1.97 bits per heavy atom. The number of nitrogens with one attached hydrogen (secondary N) is 1. The van der Waals surface area contributed by atoms with Gasteiger partial charge in [0, 0.05) is 18.8 Å². The maximum atomic E-state index is 12.5. The van der Waals surface area contributed by atoms with E-state index in [0.29, 0.717) is 17.8 Å². The summed E-state index contributed by atoms with van der Waals surface area (Å²) in [5.41, 5.74) is 3.86. The Hall–Kier alpha value is -3.35. The van der Waals surface area contributed by atoms with Crippen molar-refractivity contribution in [2.45, 2.75) is 25.3 Å². The van der Waals surface area contributed by atoms with Crippen molar-refractivity contribution in [1.82, 2.24) is 0 Å². The molecular weight excluding hydrogens is 370 g/mol. The fourth-order valence-corrected chi connectivity index (χ4v) is 4.44. The van der Waals surface area contributed by atoms with Crippen molar-refractivity contribution in [2.24, 2.45) is 0 Å². The van der Waals surface area contributed by atoms with Gasteiger partial charge in [0.25, 0.3) is 5.91 Å². The number of anilines is 3. The molecule has 1 fully saturated rings. The van der Waals surface area contributed by atoms with E-state index in [1.165, 1.54) is 0 Å². The van der Waals surface area contributed by atoms with E-state index < -0.39 is 5.97 Å². The summed E-state index contributed by atoms with van der Waals surface area (Å²) in [6.07, 6.45) is 2.62. The van der Waals surface area contributed by atoms with E-state index in [9.17, 15) is 14.4 Å². The molecule has 1 N–H and O–H groups in total. The maximum absolute atomic E-state index is 12.5. The van der Waals surface area contributed by atoms with Gasteiger partial charge in [-0.2, -0.15) is 0 Å². The van der Waals surface area contributed by atoms with E-state index in [0.717, 1.165) is 42.7 Å². The number of ether oxygens (including phenoxy) is 1. The third kappa shape index (κ3) is 3.03. The largest absolute Gasteiger partial charge is 0.452 e. The number of para-hydroxylation sites is 1. The highest BCUT2D eigenvalue weighted by Crippen LogP contribution is 2.37. The van der Waals surface area contributed by atoms with Gasteiger partial charge in [-0.05, 0) is 49.1 Å². The average Bonchev–Trinajstić information content (AvgIpc) is 3.39. The molecule has 5 rings (SSSR count). The van der Waals surface area contributed by atoms with Crippen LogP contribution in [0.3, 0.4) is 0 Å². The quantitative estimate of drug-likeness (QED) is 0.813. The molecule has 2 aromatic rings. The lowest BCUT2D eigenvalue weighted by Crippen LogP contribution is -2.43. The molecule has 3 aliphatic rings. The summed E-state index contributed by atoms with van der Waals surface area (Å²) in [7, 11) is 0. The van der Waals surface area contributed by atoms with Gasteiger partial charge in [-0.3, -0.25) is 9.59 Å². The van der Waals surface area contributed by atoms with Crippen LogP contribution in [0.15, 0.2) is 42.5 Å². The summed E-state index contributed by atoms with van der Waals surface area (Å²) in [6.45, 7) is 1.11. The predicted octanol–water partition coefficient (Wildman–Crippen LogP) is 2.35. The molecule has 0 aliphatic carbocycles. The van der Waals surface area contributed by atoms with Crippen LogP contribution in [0.4, 0.5) is 17.1 Å². The SMILES string of the molecule is O=C(OCC(=O)N1CCc2ccccc21)c1ccc2c(c1)NC(=O)[C@H]1CCCN21. The minimum atomic E-state index is -0.577. The van der Waals surface area contributed by atoms with Crippen LogP contribution in [0.1, 0.15) is 28.8 Å². The fourth-order valence-electron chi connectivity index (χ4n) is 4.44. The smallest absolute Gasteiger partial charge is 0.338 e. The van der Waals surface area contributed by atoms with Crippen LogP contribution in [-0.4, -0.2) is 43.5 Å². The number of amides is 2. The van der Waals surface area contributed by atoms with Crippen molar-refractivity contribution < 1.29 is 19.1 Å². The van der Waals surface area contributed by atoms with Crippen LogP contribution in [-0.2, 0) is 20.7 Å². The van der Waals surface area contributed by atoms with Gasteiger partial charge < -0.3 is 19.9 Å². The normalized spacial score (nSPS) is 19.3. The Morgan fingerprint density at radius 3 is 2.86 bits per heavy atom. The molecule has 0 spiro atoms. The van der Waals surface area contributed by atoms with Crippen LogP contribution in [0.5, 0.6) is 0 Å². The minimum Gasteiger partial charge on any atom is -0.452 e. The summed E-state index contributed by atoms with van der Waals surface area (Å²) in [6, 6.07) is 12.8. The highest BCUT2D eigenvalue weighted by atomic mass is 16.5. The first-order valence-electron chi connectivity index (χ1n) is 9.89. The summed E-state index contributed by atoms with van der Waals surface area (Å²) < 4.78 is 5.27. The molecule has 3 aliphatic heterocycles. The molecule has 7 heteroatoms. The van der Waals surface area contributed by atoms with Crippen LogP contribution in [0, 0.1) is 0 Å². The molecule has 0 radical (unpaired) electrons. The van der Waals surface area contributed by atoms with Crippen LogP contribution in [0.25, 0.3) is 0 Å². The third-order valence-corrected chi connectivity index (χ3v) is 5.87. The standard InChI is InChI=1S/C22H21N3O4/c26-20(25-11-9-14-4-1-2-5-17(14)25)13-29-22(28)15-7-8-18-16(12-15)23-21(27)19-6-3-10-24(18)19/h1-2,4-5,7-8,12,19H,3,6,9-11,13H2,(H,23,27)/t19-/m1/s1. The van der Waals surface area contributed by atoms with Gasteiger partial charge in [0.15, 0.2) is 6.61 Å². The van der Waals surface area contributed by atoms with E-state index in [4.69, 9.17) is 4.74 Å². The molecule has 148 valence electrons. The zero-order chi connectivity index (χ0) is 20.0. The molecule has 1 atom stereocenters. The van der Waals surface area contributed by atoms with Crippen molar-refractivity contribution >= 4 is 34.8 Å². The second-order valence-corrected chi connectivity index (χ2v) is 7.57. The molecule has 0 saturated carbocycles. The second kappa shape index (κ2) is 6.92. The number of rotatable bonds is 3. The van der Waals surface area contributed by atoms with Gasteiger partial charge in [0.1, 0.15) is 6.04 Å². The highest BCUT2D eigenvalue weighted by molar-refractivity contribution is 6.06. The summed E-state index contributed by atoms with van der Waals surface area (Å²) >= 11 is 0. The Morgan fingerprint density at radius 1 is 1.10 bits per heavy atom. The van der Waals surface area contributed by atoms with Gasteiger partial charge in [0.2, 0.25) is 5.91 Å². The van der Waals surface area contributed by atoms with Crippen molar-refractivity contribution in [1.29, 1.82) is 0 Å². The van der Waals surface area contributed by atoms with Crippen molar-refractivity contribution in [3.63, 3.8) is 0 Å². The third-order valence-electron chi connectivity index (χ3n) is 5.87. The lowest BCUT2D eigenvalue weighted by Gasteiger charge is -2.33. The van der Waals surface area contributed by atoms with E-state index in [1.54, 1.807) is 17.0 Å². The first kappa shape index (κ1) is 17.7. The van der Waals surface area contributed by atoms with Gasteiger partial charge in [0.05, 0.1) is 16.9 Å². The number of fused-ring (bicyclic) bond motifs is 4. The molecule has 7 nitrogen and oxygen atoms in total. The highest BCUT2D eigenvalue weighted by Gasteiger charge is 2.36. The van der Waals surface area contributed by atoms with E-state index in [-0.39, 0.29) is 24.5 Å². The van der Waals surface area contributed by atoms with Gasteiger partial charge >= 0.3 is 5.97 Å². The molecular formula is C22H21N3O4. The number of carbonyl (C=O) groups excluding carboxylic acids is 3. The van der Waals surface area contributed by atoms with E-state index in [1.807, 2.05) is 30.3 Å². The molecule has 0 unspecified atom stereocenters. The predicted molar refractivity (Wildman–Crippen MR) is 108 cm³/mol. The number of carbonyl (C=O) groups is 3. The first-order chi connectivity index (χ1) is 14.1. The molecule has 2 amide bonds. The van der Waals surface area contributed by atoms with E-state index in [2.05, 4.69) is 10.2 Å². The average molecular weight is 391 g/mol. The number of esters is 1. The van der Waals surface area contributed by atoms with Crippen molar-refractivity contribution in [3.8, 4) is 0 Å². The van der Waals surface area contributed by atoms with Gasteiger partial charge in [-0.25, -0.2) is 4.79 Å². The Bertz CT molecular complexity index is 1020. The van der Waals surface area contributed by atoms with Crippen LogP contribution in [0.2, 0.25) is 0 Å². The second-order valence-electron chi connectivity index (χ2n) is 7.57. The first-order valence-corrected chi connectivity index (χ1v) is 9.89. The molecule has 0 bridgehead atoms. The molecule has 3 heterocycles. The topological polar surface area (TPSA) is 79.0 Å². The number of hydrogen-bond donors (Lipinski definition) is 1. The van der Waals surface area contributed by atoms with Gasteiger partial charge in [-0.1, -0.05) is 18.2 Å².